The Morgan fingerprint density at radius 2 is 1.83 bits per heavy atom. The molecule has 2 N–H and O–H groups in total. The Labute approximate surface area is 212 Å². The smallest absolute Gasteiger partial charge is 0.241 e. The van der Waals surface area contributed by atoms with Crippen LogP contribution in [0.3, 0.4) is 0 Å². The molecule has 0 spiro atoms. The quantitative estimate of drug-likeness (QED) is 0.461. The number of piperidine rings is 1. The number of nitrogens with one attached hydrogen (secondary N) is 2. The number of hydrogen-bond acceptors (Lipinski definition) is 6. The van der Waals surface area contributed by atoms with Crippen molar-refractivity contribution >= 4 is 44.2 Å². The Balaban J connectivity index is 1.60. The van der Waals surface area contributed by atoms with Crippen LogP contribution in [0, 0.1) is 0 Å². The number of rotatable bonds is 11. The minimum absolute atomic E-state index is 0.0650. The standard InChI is InChI=1S/C24H34ClN5O4S/c1-26-10-12-28(2)13-14-29(3)23(31)17-30-11-4-5-22(24(30)32)27-35(33,34)21-9-7-18-15-20(25)8-6-19(18)16-21/h6-9,15-16,22,26-27H,4-5,10-14,17H2,1-3H3/t22-/m0/s1. The fourth-order valence-corrected chi connectivity index (χ4v) is 5.41. The Bertz CT molecular complexity index is 1160. The highest BCUT2D eigenvalue weighted by Crippen LogP contribution is 2.23. The normalized spacial score (nSPS) is 16.8. The van der Waals surface area contributed by atoms with Gasteiger partial charge in [0.15, 0.2) is 0 Å². The molecule has 1 aliphatic heterocycles. The number of nitrogens with zero attached hydrogens (tertiary/aromatic N) is 3. The molecule has 0 bridgehead atoms. The van der Waals surface area contributed by atoms with E-state index in [-0.39, 0.29) is 23.3 Å². The molecule has 2 amide bonds. The number of hydrogen-bond donors (Lipinski definition) is 2. The molecular formula is C24H34ClN5O4S. The van der Waals surface area contributed by atoms with Crippen molar-refractivity contribution in [3.8, 4) is 0 Å². The molecule has 0 saturated carbocycles. The van der Waals surface area contributed by atoms with Crippen LogP contribution in [0.1, 0.15) is 12.8 Å². The van der Waals surface area contributed by atoms with Gasteiger partial charge in [-0.2, -0.15) is 4.72 Å². The Morgan fingerprint density at radius 3 is 2.57 bits per heavy atom. The Kier molecular flexibility index (Phi) is 9.48. The molecule has 35 heavy (non-hydrogen) atoms. The van der Waals surface area contributed by atoms with Gasteiger partial charge < -0.3 is 20.0 Å². The first-order chi connectivity index (χ1) is 16.6. The lowest BCUT2D eigenvalue weighted by Gasteiger charge is -2.33. The van der Waals surface area contributed by atoms with E-state index in [0.29, 0.717) is 31.0 Å². The molecule has 1 saturated heterocycles. The summed E-state index contributed by atoms with van der Waals surface area (Å²) in [6, 6.07) is 9.06. The van der Waals surface area contributed by atoms with Crippen LogP contribution < -0.4 is 10.0 Å². The van der Waals surface area contributed by atoms with Crippen molar-refractivity contribution in [2.24, 2.45) is 0 Å². The number of likely N-dealkylation sites (N-methyl/N-ethyl adjacent to an activating group) is 3. The van der Waals surface area contributed by atoms with Gasteiger partial charge in [0.25, 0.3) is 0 Å². The predicted molar refractivity (Wildman–Crippen MR) is 138 cm³/mol. The number of benzene rings is 2. The maximum Gasteiger partial charge on any atom is 0.241 e. The fourth-order valence-electron chi connectivity index (χ4n) is 3.97. The molecule has 11 heteroatoms. The van der Waals surface area contributed by atoms with E-state index in [1.807, 2.05) is 14.1 Å². The first-order valence-electron chi connectivity index (χ1n) is 11.7. The zero-order valence-corrected chi connectivity index (χ0v) is 22.0. The Hall–Kier alpha value is -2.24. The second kappa shape index (κ2) is 12.1. The van der Waals surface area contributed by atoms with Gasteiger partial charge in [-0.1, -0.05) is 23.7 Å². The number of carbonyl (C=O) groups excluding carboxylic acids is 2. The van der Waals surface area contributed by atoms with E-state index in [1.165, 1.54) is 11.0 Å². The molecule has 0 radical (unpaired) electrons. The van der Waals surface area contributed by atoms with Gasteiger partial charge in [-0.25, -0.2) is 8.42 Å². The average molecular weight is 524 g/mol. The van der Waals surface area contributed by atoms with Crippen LogP contribution in [0.2, 0.25) is 5.02 Å². The highest BCUT2D eigenvalue weighted by atomic mass is 35.5. The van der Waals surface area contributed by atoms with Gasteiger partial charge in [0.1, 0.15) is 6.04 Å². The third kappa shape index (κ3) is 7.37. The van der Waals surface area contributed by atoms with Crippen molar-refractivity contribution in [3.05, 3.63) is 41.4 Å². The van der Waals surface area contributed by atoms with E-state index < -0.39 is 16.1 Å². The number of carbonyl (C=O) groups is 2. The molecule has 0 unspecified atom stereocenters. The number of amides is 2. The zero-order chi connectivity index (χ0) is 25.6. The van der Waals surface area contributed by atoms with E-state index >= 15 is 0 Å². The summed E-state index contributed by atoms with van der Waals surface area (Å²) < 4.78 is 28.6. The van der Waals surface area contributed by atoms with E-state index in [4.69, 9.17) is 11.6 Å². The van der Waals surface area contributed by atoms with E-state index in [9.17, 15) is 18.0 Å². The molecule has 1 heterocycles. The molecule has 2 aromatic carbocycles. The van der Waals surface area contributed by atoms with Crippen molar-refractivity contribution < 1.29 is 18.0 Å². The lowest BCUT2D eigenvalue weighted by atomic mass is 10.1. The van der Waals surface area contributed by atoms with Gasteiger partial charge in [0.05, 0.1) is 11.4 Å². The van der Waals surface area contributed by atoms with Crippen molar-refractivity contribution in [2.75, 3.05) is 60.4 Å². The van der Waals surface area contributed by atoms with Crippen molar-refractivity contribution in [3.63, 3.8) is 0 Å². The fraction of sp³-hybridized carbons (Fsp3) is 0.500. The van der Waals surface area contributed by atoms with Crippen LogP contribution in [0.15, 0.2) is 41.3 Å². The van der Waals surface area contributed by atoms with Crippen LogP contribution in [-0.4, -0.2) is 101 Å². The third-order valence-electron chi connectivity index (χ3n) is 6.22. The summed E-state index contributed by atoms with van der Waals surface area (Å²) in [5.41, 5.74) is 0. The lowest BCUT2D eigenvalue weighted by Crippen LogP contribution is -2.54. The molecule has 1 atom stereocenters. The van der Waals surface area contributed by atoms with Crippen molar-refractivity contribution in [1.29, 1.82) is 0 Å². The second-order valence-electron chi connectivity index (χ2n) is 8.95. The van der Waals surface area contributed by atoms with Gasteiger partial charge in [-0.05, 0) is 62.0 Å². The first-order valence-corrected chi connectivity index (χ1v) is 13.5. The summed E-state index contributed by atoms with van der Waals surface area (Å²) in [6.07, 6.45) is 0.997. The topological polar surface area (TPSA) is 102 Å². The summed E-state index contributed by atoms with van der Waals surface area (Å²) in [5, 5.41) is 5.22. The maximum absolute atomic E-state index is 13.0. The number of sulfonamides is 1. The lowest BCUT2D eigenvalue weighted by molar-refractivity contribution is -0.142. The van der Waals surface area contributed by atoms with Gasteiger partial charge >= 0.3 is 0 Å². The van der Waals surface area contributed by atoms with Gasteiger partial charge in [0.2, 0.25) is 21.8 Å². The number of likely N-dealkylation sites (tertiary alicyclic amines) is 1. The van der Waals surface area contributed by atoms with Gasteiger partial charge in [-0.3, -0.25) is 9.59 Å². The predicted octanol–water partition coefficient (Wildman–Crippen LogP) is 1.37. The SMILES string of the molecule is CNCCN(C)CCN(C)C(=O)CN1CCC[C@H](NS(=O)(=O)c2ccc3cc(Cl)ccc3c2)C1=O. The molecule has 1 fully saturated rings. The monoisotopic (exact) mass is 523 g/mol. The van der Waals surface area contributed by atoms with Gasteiger partial charge in [-0.15, -0.1) is 0 Å². The van der Waals surface area contributed by atoms with Crippen LogP contribution in [0.25, 0.3) is 10.8 Å². The van der Waals surface area contributed by atoms with E-state index in [2.05, 4.69) is 14.9 Å². The second-order valence-corrected chi connectivity index (χ2v) is 11.1. The summed E-state index contributed by atoms with van der Waals surface area (Å²) in [4.78, 5) is 31.0. The summed E-state index contributed by atoms with van der Waals surface area (Å²) in [5.74, 6) is -0.544. The highest BCUT2D eigenvalue weighted by molar-refractivity contribution is 7.89. The third-order valence-corrected chi connectivity index (χ3v) is 7.93. The van der Waals surface area contributed by atoms with Crippen LogP contribution >= 0.6 is 11.6 Å². The molecule has 3 rings (SSSR count). The molecule has 0 aliphatic carbocycles. The van der Waals surface area contributed by atoms with Gasteiger partial charge in [0, 0.05) is 44.8 Å². The Morgan fingerprint density at radius 1 is 1.11 bits per heavy atom. The highest BCUT2D eigenvalue weighted by Gasteiger charge is 2.33. The van der Waals surface area contributed by atoms with Crippen LogP contribution in [0.4, 0.5) is 0 Å². The molecular weight excluding hydrogens is 490 g/mol. The molecule has 0 aromatic heterocycles. The minimum Gasteiger partial charge on any atom is -0.343 e. The summed E-state index contributed by atoms with van der Waals surface area (Å²) >= 11 is 6.01. The summed E-state index contributed by atoms with van der Waals surface area (Å²) in [6.45, 7) is 3.36. The largest absolute Gasteiger partial charge is 0.343 e. The van der Waals surface area contributed by atoms with Crippen LogP contribution in [-0.2, 0) is 19.6 Å². The van der Waals surface area contributed by atoms with E-state index in [0.717, 1.165) is 30.4 Å². The van der Waals surface area contributed by atoms with Crippen LogP contribution in [0.5, 0.6) is 0 Å². The maximum atomic E-state index is 13.0. The summed E-state index contributed by atoms with van der Waals surface area (Å²) in [7, 11) is 1.68. The zero-order valence-electron chi connectivity index (χ0n) is 20.5. The number of fused-ring (bicyclic) bond motifs is 1. The molecule has 1 aliphatic rings. The molecule has 192 valence electrons. The van der Waals surface area contributed by atoms with Crippen molar-refractivity contribution in [1.82, 2.24) is 24.7 Å². The first kappa shape index (κ1) is 27.3. The van der Waals surface area contributed by atoms with Crippen molar-refractivity contribution in [2.45, 2.75) is 23.8 Å². The molecule has 2 aromatic rings. The average Bonchev–Trinajstić information content (AvgIpc) is 2.83. The minimum atomic E-state index is -3.92. The van der Waals surface area contributed by atoms with E-state index in [1.54, 1.807) is 42.3 Å². The molecule has 9 nitrogen and oxygen atoms in total. The number of halogens is 1.